The van der Waals surface area contributed by atoms with Crippen LogP contribution in [0.1, 0.15) is 38.5 Å². The van der Waals surface area contributed by atoms with Gasteiger partial charge in [-0.1, -0.05) is 0 Å². The zero-order valence-corrected chi connectivity index (χ0v) is 8.87. The summed E-state index contributed by atoms with van der Waals surface area (Å²) in [7, 11) is 0. The summed E-state index contributed by atoms with van der Waals surface area (Å²) >= 11 is 0. The lowest BCUT2D eigenvalue weighted by atomic mass is 10.1. The van der Waals surface area contributed by atoms with Gasteiger partial charge in [-0.05, 0) is 50.4 Å². The van der Waals surface area contributed by atoms with Crippen molar-refractivity contribution in [2.24, 2.45) is 11.8 Å². The van der Waals surface area contributed by atoms with Gasteiger partial charge in [0.25, 0.3) is 0 Å². The molecule has 2 saturated carbocycles. The van der Waals surface area contributed by atoms with E-state index in [1.54, 1.807) is 0 Å². The van der Waals surface area contributed by atoms with Crippen molar-refractivity contribution in [3.05, 3.63) is 0 Å². The third-order valence-electron chi connectivity index (χ3n) is 3.86. The van der Waals surface area contributed by atoms with Crippen LogP contribution in [0, 0.1) is 11.8 Å². The van der Waals surface area contributed by atoms with Crippen LogP contribution in [0.25, 0.3) is 0 Å². The lowest BCUT2D eigenvalue weighted by molar-refractivity contribution is 0.105. The molecule has 0 amide bonds. The summed E-state index contributed by atoms with van der Waals surface area (Å²) in [5.74, 6) is 2.04. The molecule has 1 aliphatic heterocycles. The Kier molecular flexibility index (Phi) is 2.50. The summed E-state index contributed by atoms with van der Waals surface area (Å²) < 4.78 is 5.64. The normalized spacial score (nSPS) is 32.8. The topological polar surface area (TPSA) is 21.3 Å². The van der Waals surface area contributed by atoms with Crippen molar-refractivity contribution in [2.45, 2.75) is 50.7 Å². The Bertz CT molecular complexity index is 180. The van der Waals surface area contributed by atoms with Crippen molar-refractivity contribution >= 4 is 0 Å². The third-order valence-corrected chi connectivity index (χ3v) is 3.86. The van der Waals surface area contributed by atoms with E-state index in [0.717, 1.165) is 31.0 Å². The summed E-state index contributed by atoms with van der Waals surface area (Å²) in [6.45, 7) is 2.10. The van der Waals surface area contributed by atoms with Crippen molar-refractivity contribution < 1.29 is 4.74 Å². The predicted octanol–water partition coefficient (Wildman–Crippen LogP) is 1.94. The summed E-state index contributed by atoms with van der Waals surface area (Å²) in [5, 5.41) is 3.76. The first-order valence-electron chi connectivity index (χ1n) is 6.28. The van der Waals surface area contributed by atoms with Gasteiger partial charge in [-0.3, -0.25) is 0 Å². The second-order valence-electron chi connectivity index (χ2n) is 5.24. The summed E-state index contributed by atoms with van der Waals surface area (Å²) in [5.41, 5.74) is 0. The average Bonchev–Trinajstić information content (AvgIpc) is 3.09. The molecule has 14 heavy (non-hydrogen) atoms. The molecule has 0 aromatic carbocycles. The molecule has 1 heterocycles. The van der Waals surface area contributed by atoms with Crippen LogP contribution in [0.2, 0.25) is 0 Å². The van der Waals surface area contributed by atoms with E-state index in [-0.39, 0.29) is 0 Å². The third kappa shape index (κ3) is 2.12. The number of nitrogens with one attached hydrogen (secondary N) is 1. The molecule has 2 heteroatoms. The molecule has 3 fully saturated rings. The zero-order chi connectivity index (χ0) is 9.38. The molecule has 1 saturated heterocycles. The minimum Gasteiger partial charge on any atom is -0.377 e. The average molecular weight is 195 g/mol. The Morgan fingerprint density at radius 1 is 1.07 bits per heavy atom. The first-order valence-corrected chi connectivity index (χ1v) is 6.28. The van der Waals surface area contributed by atoms with Gasteiger partial charge in [0, 0.05) is 19.2 Å². The quantitative estimate of drug-likeness (QED) is 0.724. The Balaban J connectivity index is 1.44. The highest BCUT2D eigenvalue weighted by Crippen LogP contribution is 2.44. The molecule has 0 bridgehead atoms. The van der Waals surface area contributed by atoms with Crippen molar-refractivity contribution in [2.75, 3.05) is 13.2 Å². The van der Waals surface area contributed by atoms with Gasteiger partial charge in [-0.25, -0.2) is 0 Å². The van der Waals surface area contributed by atoms with Gasteiger partial charge in [0.1, 0.15) is 0 Å². The highest BCUT2D eigenvalue weighted by molar-refractivity contribution is 4.96. The van der Waals surface area contributed by atoms with Crippen LogP contribution < -0.4 is 5.32 Å². The molecule has 1 N–H and O–H groups in total. The van der Waals surface area contributed by atoms with E-state index in [0.29, 0.717) is 6.10 Å². The Labute approximate surface area is 86.4 Å². The molecular formula is C12H21NO. The maximum atomic E-state index is 5.64. The molecule has 1 atom stereocenters. The minimum absolute atomic E-state index is 0.523. The lowest BCUT2D eigenvalue weighted by Crippen LogP contribution is -2.38. The fourth-order valence-corrected chi connectivity index (χ4v) is 2.70. The second-order valence-corrected chi connectivity index (χ2v) is 5.24. The minimum atomic E-state index is 0.523. The first-order chi connectivity index (χ1) is 6.93. The number of ether oxygens (including phenoxy) is 1. The van der Waals surface area contributed by atoms with Crippen LogP contribution >= 0.6 is 0 Å². The van der Waals surface area contributed by atoms with Crippen molar-refractivity contribution in [1.29, 1.82) is 0 Å². The molecule has 80 valence electrons. The van der Waals surface area contributed by atoms with Crippen LogP contribution in [0.15, 0.2) is 0 Å². The van der Waals surface area contributed by atoms with E-state index < -0.39 is 0 Å². The van der Waals surface area contributed by atoms with Crippen LogP contribution in [0.3, 0.4) is 0 Å². The second kappa shape index (κ2) is 3.82. The maximum absolute atomic E-state index is 5.64. The monoisotopic (exact) mass is 195 g/mol. The van der Waals surface area contributed by atoms with E-state index in [9.17, 15) is 0 Å². The number of hydrogen-bond acceptors (Lipinski definition) is 2. The molecular weight excluding hydrogens is 174 g/mol. The highest BCUT2D eigenvalue weighted by Gasteiger charge is 2.41. The van der Waals surface area contributed by atoms with E-state index in [4.69, 9.17) is 4.74 Å². The van der Waals surface area contributed by atoms with Gasteiger partial charge in [-0.2, -0.15) is 0 Å². The molecule has 3 rings (SSSR count). The molecule has 0 radical (unpaired) electrons. The van der Waals surface area contributed by atoms with Gasteiger partial charge in [0.15, 0.2) is 0 Å². The molecule has 2 aliphatic carbocycles. The summed E-state index contributed by atoms with van der Waals surface area (Å²) in [6, 6.07) is 0.846. The van der Waals surface area contributed by atoms with Gasteiger partial charge in [-0.15, -0.1) is 0 Å². The van der Waals surface area contributed by atoms with Gasteiger partial charge in [0.05, 0.1) is 6.10 Å². The summed E-state index contributed by atoms with van der Waals surface area (Å²) in [6.07, 6.45) is 8.95. The number of hydrogen-bond donors (Lipinski definition) is 1. The van der Waals surface area contributed by atoms with E-state index in [2.05, 4.69) is 5.32 Å². The smallest absolute Gasteiger partial charge is 0.0700 e. The summed E-state index contributed by atoms with van der Waals surface area (Å²) in [4.78, 5) is 0. The predicted molar refractivity (Wildman–Crippen MR) is 56.2 cm³/mol. The lowest BCUT2D eigenvalue weighted by Gasteiger charge is -2.20. The van der Waals surface area contributed by atoms with Gasteiger partial charge < -0.3 is 10.1 Å². The van der Waals surface area contributed by atoms with Crippen LogP contribution in [-0.2, 0) is 4.74 Å². The molecule has 2 nitrogen and oxygen atoms in total. The first kappa shape index (κ1) is 9.17. The largest absolute Gasteiger partial charge is 0.377 e. The van der Waals surface area contributed by atoms with Gasteiger partial charge >= 0.3 is 0 Å². The zero-order valence-electron chi connectivity index (χ0n) is 8.87. The van der Waals surface area contributed by atoms with E-state index >= 15 is 0 Å². The molecule has 3 aliphatic rings. The molecule has 0 unspecified atom stereocenters. The molecule has 0 spiro atoms. The fraction of sp³-hybridized carbons (Fsp3) is 1.00. The Morgan fingerprint density at radius 2 is 1.79 bits per heavy atom. The van der Waals surface area contributed by atoms with Crippen LogP contribution in [0.5, 0.6) is 0 Å². The molecule has 0 aromatic heterocycles. The SMILES string of the molecule is C1CO[C@@H](CNC(C2CC2)C2CC2)C1. The van der Waals surface area contributed by atoms with E-state index in [1.165, 1.54) is 38.5 Å². The Morgan fingerprint density at radius 3 is 2.29 bits per heavy atom. The van der Waals surface area contributed by atoms with Crippen molar-refractivity contribution in [1.82, 2.24) is 5.32 Å². The Hall–Kier alpha value is -0.0800. The number of rotatable bonds is 5. The maximum Gasteiger partial charge on any atom is 0.0700 e. The van der Waals surface area contributed by atoms with Crippen LogP contribution in [-0.4, -0.2) is 25.3 Å². The van der Waals surface area contributed by atoms with Crippen LogP contribution in [0.4, 0.5) is 0 Å². The standard InChI is InChI=1S/C12H21NO/c1-2-11(14-7-1)8-13-12(9-3-4-9)10-5-6-10/h9-13H,1-8H2/t11-/m1/s1. The van der Waals surface area contributed by atoms with Gasteiger partial charge in [0.2, 0.25) is 0 Å². The fourth-order valence-electron chi connectivity index (χ4n) is 2.70. The molecule has 0 aromatic rings. The van der Waals surface area contributed by atoms with Crippen molar-refractivity contribution in [3.63, 3.8) is 0 Å². The highest BCUT2D eigenvalue weighted by atomic mass is 16.5. The van der Waals surface area contributed by atoms with Crippen molar-refractivity contribution in [3.8, 4) is 0 Å². The van der Waals surface area contributed by atoms with E-state index in [1.807, 2.05) is 0 Å².